The average Bonchev–Trinajstić information content (AvgIpc) is 3.00. The maximum atomic E-state index is 11.9. The smallest absolute Gasteiger partial charge is 0.277 e. The number of thioether (sulfide) groups is 1. The summed E-state index contributed by atoms with van der Waals surface area (Å²) in [4.78, 5) is 11.9. The van der Waals surface area contributed by atoms with Crippen LogP contribution in [0.2, 0.25) is 5.02 Å². The highest BCUT2D eigenvalue weighted by atomic mass is 35.5. The topological polar surface area (TPSA) is 94.0 Å². The molecule has 23 heavy (non-hydrogen) atoms. The molecule has 3 N–H and O–H groups in total. The number of hydrogen-bond donors (Lipinski definition) is 2. The molecule has 124 valence electrons. The highest BCUT2D eigenvalue weighted by Crippen LogP contribution is 2.24. The van der Waals surface area contributed by atoms with Gasteiger partial charge in [-0.25, -0.2) is 0 Å². The minimum atomic E-state index is -0.290. The molecule has 2 aromatic rings. The van der Waals surface area contributed by atoms with Crippen LogP contribution >= 0.6 is 23.4 Å². The Morgan fingerprint density at radius 2 is 2.26 bits per heavy atom. The van der Waals surface area contributed by atoms with E-state index in [1.165, 1.54) is 11.8 Å². The number of nitrogens with one attached hydrogen (secondary N) is 1. The highest BCUT2D eigenvalue weighted by molar-refractivity contribution is 7.99. The Morgan fingerprint density at radius 3 is 2.96 bits per heavy atom. The van der Waals surface area contributed by atoms with Gasteiger partial charge in [0.25, 0.3) is 5.22 Å². The van der Waals surface area contributed by atoms with Crippen molar-refractivity contribution in [2.45, 2.75) is 31.5 Å². The first-order valence-corrected chi connectivity index (χ1v) is 8.63. The zero-order chi connectivity index (χ0) is 16.8. The third kappa shape index (κ3) is 5.23. The van der Waals surface area contributed by atoms with Crippen molar-refractivity contribution >= 4 is 35.0 Å². The second kappa shape index (κ2) is 8.33. The Hall–Kier alpha value is -1.57. The second-order valence-corrected chi connectivity index (χ2v) is 6.53. The fourth-order valence-corrected chi connectivity index (χ4v) is 2.56. The average molecular weight is 355 g/mol. The molecular formula is C15H19ClN4O2S. The molecule has 1 aromatic carbocycles. The molecule has 0 saturated heterocycles. The van der Waals surface area contributed by atoms with Gasteiger partial charge in [-0.15, -0.1) is 10.2 Å². The van der Waals surface area contributed by atoms with Crippen LogP contribution in [0.25, 0.3) is 0 Å². The van der Waals surface area contributed by atoms with E-state index in [0.29, 0.717) is 21.8 Å². The fourth-order valence-electron chi connectivity index (χ4n) is 1.80. The molecular weight excluding hydrogens is 336 g/mol. The summed E-state index contributed by atoms with van der Waals surface area (Å²) in [5.74, 6) is 0.631. The number of aromatic nitrogens is 2. The minimum Gasteiger partial charge on any atom is -0.414 e. The number of amides is 1. The largest absolute Gasteiger partial charge is 0.414 e. The molecule has 0 bridgehead atoms. The molecule has 2 atom stereocenters. The Balaban J connectivity index is 1.86. The first-order chi connectivity index (χ1) is 11.0. The van der Waals surface area contributed by atoms with Crippen LogP contribution in [0.4, 0.5) is 5.69 Å². The summed E-state index contributed by atoms with van der Waals surface area (Å²) >= 11 is 7.04. The molecule has 0 aliphatic rings. The first kappa shape index (κ1) is 17.8. The van der Waals surface area contributed by atoms with Crippen molar-refractivity contribution in [3.05, 3.63) is 35.2 Å². The molecule has 8 heteroatoms. The third-order valence-corrected chi connectivity index (χ3v) is 4.45. The van der Waals surface area contributed by atoms with Crippen molar-refractivity contribution in [2.24, 2.45) is 11.7 Å². The van der Waals surface area contributed by atoms with E-state index in [2.05, 4.69) is 22.4 Å². The van der Waals surface area contributed by atoms with Gasteiger partial charge in [0, 0.05) is 10.7 Å². The quantitative estimate of drug-likeness (QED) is 0.739. The van der Waals surface area contributed by atoms with Crippen molar-refractivity contribution in [1.82, 2.24) is 10.2 Å². The van der Waals surface area contributed by atoms with Gasteiger partial charge in [-0.3, -0.25) is 4.79 Å². The van der Waals surface area contributed by atoms with Gasteiger partial charge in [0.2, 0.25) is 11.8 Å². The molecule has 1 heterocycles. The van der Waals surface area contributed by atoms with Crippen LogP contribution in [-0.2, 0) is 4.79 Å². The van der Waals surface area contributed by atoms with Crippen molar-refractivity contribution in [1.29, 1.82) is 0 Å². The van der Waals surface area contributed by atoms with Crippen molar-refractivity contribution < 1.29 is 9.21 Å². The minimum absolute atomic E-state index is 0.159. The molecule has 6 nitrogen and oxygen atoms in total. The monoisotopic (exact) mass is 354 g/mol. The van der Waals surface area contributed by atoms with E-state index in [9.17, 15) is 4.79 Å². The van der Waals surface area contributed by atoms with E-state index < -0.39 is 0 Å². The Kier molecular flexibility index (Phi) is 6.44. The van der Waals surface area contributed by atoms with Gasteiger partial charge in [-0.05, 0) is 24.1 Å². The van der Waals surface area contributed by atoms with E-state index in [1.807, 2.05) is 6.92 Å². The number of rotatable bonds is 7. The Bertz CT molecular complexity index is 664. The molecule has 0 radical (unpaired) electrons. The molecule has 1 aromatic heterocycles. The molecule has 0 aliphatic heterocycles. The Morgan fingerprint density at radius 1 is 1.48 bits per heavy atom. The van der Waals surface area contributed by atoms with Crippen LogP contribution in [0, 0.1) is 5.92 Å². The van der Waals surface area contributed by atoms with Crippen molar-refractivity contribution in [3.8, 4) is 0 Å². The van der Waals surface area contributed by atoms with Crippen LogP contribution in [0.15, 0.2) is 33.9 Å². The summed E-state index contributed by atoms with van der Waals surface area (Å²) in [6, 6.07) is 6.67. The van der Waals surface area contributed by atoms with E-state index >= 15 is 0 Å². The molecule has 0 spiro atoms. The zero-order valence-corrected chi connectivity index (χ0v) is 14.5. The number of hydrogen-bond acceptors (Lipinski definition) is 6. The van der Waals surface area contributed by atoms with Crippen LogP contribution in [-0.4, -0.2) is 21.9 Å². The lowest BCUT2D eigenvalue weighted by Crippen LogP contribution is -2.18. The summed E-state index contributed by atoms with van der Waals surface area (Å²) in [5.41, 5.74) is 6.68. The number of nitrogens with two attached hydrogens (primary N) is 1. The normalized spacial score (nSPS) is 13.6. The third-order valence-electron chi connectivity index (χ3n) is 3.40. The van der Waals surface area contributed by atoms with Gasteiger partial charge < -0.3 is 15.5 Å². The molecule has 0 aliphatic carbocycles. The fraction of sp³-hybridized carbons (Fsp3) is 0.400. The molecule has 0 saturated carbocycles. The van der Waals surface area contributed by atoms with Gasteiger partial charge in [-0.1, -0.05) is 49.7 Å². The maximum Gasteiger partial charge on any atom is 0.277 e. The van der Waals surface area contributed by atoms with Crippen LogP contribution < -0.4 is 11.1 Å². The van der Waals surface area contributed by atoms with Gasteiger partial charge >= 0.3 is 0 Å². The lowest BCUT2D eigenvalue weighted by Gasteiger charge is -2.13. The lowest BCUT2D eigenvalue weighted by molar-refractivity contribution is -0.113. The standard InChI is InChI=1S/C15H19ClN4O2S/c1-3-9(2)13(17)14-19-20-15(22-14)23-8-12(21)18-11-6-4-5-10(16)7-11/h4-7,9,13H,3,8,17H2,1-2H3,(H,18,21)/t9-,13-/m0/s1. The number of nitrogens with zero attached hydrogens (tertiary/aromatic N) is 2. The summed E-state index contributed by atoms with van der Waals surface area (Å²) < 4.78 is 5.50. The summed E-state index contributed by atoms with van der Waals surface area (Å²) in [7, 11) is 0. The van der Waals surface area contributed by atoms with E-state index in [4.69, 9.17) is 21.8 Å². The summed E-state index contributed by atoms with van der Waals surface area (Å²) in [6.45, 7) is 4.08. The van der Waals surface area contributed by atoms with Crippen molar-refractivity contribution in [2.75, 3.05) is 11.1 Å². The zero-order valence-electron chi connectivity index (χ0n) is 13.0. The van der Waals surface area contributed by atoms with Crippen molar-refractivity contribution in [3.63, 3.8) is 0 Å². The number of anilines is 1. The van der Waals surface area contributed by atoms with E-state index in [1.54, 1.807) is 24.3 Å². The maximum absolute atomic E-state index is 11.9. The Labute approximate surface area is 144 Å². The van der Waals surface area contributed by atoms with Crippen LogP contribution in [0.5, 0.6) is 0 Å². The molecule has 1 amide bonds. The second-order valence-electron chi connectivity index (χ2n) is 5.16. The van der Waals surface area contributed by atoms with E-state index in [-0.39, 0.29) is 23.6 Å². The van der Waals surface area contributed by atoms with Crippen LogP contribution in [0.3, 0.4) is 0 Å². The predicted octanol–water partition coefficient (Wildman–Crippen LogP) is 3.50. The van der Waals surface area contributed by atoms with Gasteiger partial charge in [0.05, 0.1) is 11.8 Å². The van der Waals surface area contributed by atoms with Gasteiger partial charge in [-0.2, -0.15) is 0 Å². The first-order valence-electron chi connectivity index (χ1n) is 7.26. The molecule has 2 rings (SSSR count). The summed E-state index contributed by atoms with van der Waals surface area (Å²) in [6.07, 6.45) is 0.925. The molecule has 0 unspecified atom stereocenters. The number of benzene rings is 1. The van der Waals surface area contributed by atoms with Gasteiger partial charge in [0.1, 0.15) is 0 Å². The van der Waals surface area contributed by atoms with E-state index in [0.717, 1.165) is 6.42 Å². The SMILES string of the molecule is CC[C@H](C)[C@H](N)c1nnc(SCC(=O)Nc2cccc(Cl)c2)o1. The van der Waals surface area contributed by atoms with Gasteiger partial charge in [0.15, 0.2) is 0 Å². The summed E-state index contributed by atoms with van der Waals surface area (Å²) in [5, 5.41) is 11.5. The highest BCUT2D eigenvalue weighted by Gasteiger charge is 2.20. The van der Waals surface area contributed by atoms with Crippen LogP contribution in [0.1, 0.15) is 32.2 Å². The predicted molar refractivity (Wildman–Crippen MR) is 91.5 cm³/mol. The number of carbonyl (C=O) groups is 1. The number of carbonyl (C=O) groups excluding carboxylic acids is 1. The number of halogens is 1. The lowest BCUT2D eigenvalue weighted by atomic mass is 10.0. The molecule has 0 fully saturated rings.